The molecule has 19 heavy (non-hydrogen) atoms. The van der Waals surface area contributed by atoms with Gasteiger partial charge in [-0.15, -0.1) is 0 Å². The third-order valence-electron chi connectivity index (χ3n) is 2.43. The average Bonchev–Trinajstić information content (AvgIpc) is 2.33. The number of benzene rings is 2. The van der Waals surface area contributed by atoms with Gasteiger partial charge in [0.25, 0.3) is 5.91 Å². The van der Waals surface area contributed by atoms with Crippen LogP contribution in [-0.2, 0) is 0 Å². The van der Waals surface area contributed by atoms with Gasteiger partial charge in [0.15, 0.2) is 11.5 Å². The van der Waals surface area contributed by atoms with E-state index in [4.69, 9.17) is 0 Å². The zero-order valence-electron chi connectivity index (χ0n) is 9.66. The highest BCUT2D eigenvalue weighted by Crippen LogP contribution is 2.33. The van der Waals surface area contributed by atoms with Crippen LogP contribution in [0.4, 0.5) is 5.69 Å². The van der Waals surface area contributed by atoms with Crippen LogP contribution < -0.4 is 5.32 Å². The molecule has 2 aromatic carbocycles. The number of amides is 1. The van der Waals surface area contributed by atoms with Crippen molar-refractivity contribution in [3.05, 3.63) is 42.0 Å². The molecule has 6 nitrogen and oxygen atoms in total. The summed E-state index contributed by atoms with van der Waals surface area (Å²) in [6, 6.07) is 7.53. The maximum Gasteiger partial charge on any atom is 0.256 e. The van der Waals surface area contributed by atoms with Crippen molar-refractivity contribution in [2.75, 3.05) is 5.32 Å². The lowest BCUT2D eigenvalue weighted by Gasteiger charge is -2.08. The van der Waals surface area contributed by atoms with Crippen molar-refractivity contribution >= 4 is 11.6 Å². The van der Waals surface area contributed by atoms with Crippen LogP contribution in [0.25, 0.3) is 0 Å². The minimum Gasteiger partial charge on any atom is -0.508 e. The molecule has 0 bridgehead atoms. The fourth-order valence-corrected chi connectivity index (χ4v) is 1.55. The summed E-state index contributed by atoms with van der Waals surface area (Å²) in [5.41, 5.74) is 0.0353. The Hall–Kier alpha value is -2.89. The molecule has 2 aromatic rings. The fraction of sp³-hybridized carbons (Fsp3) is 0. The molecule has 5 N–H and O–H groups in total. The first-order valence-corrected chi connectivity index (χ1v) is 5.32. The second-order valence-electron chi connectivity index (χ2n) is 3.87. The Morgan fingerprint density at radius 3 is 2.21 bits per heavy atom. The number of para-hydroxylation sites is 1. The quantitative estimate of drug-likeness (QED) is 0.529. The highest BCUT2D eigenvalue weighted by molar-refractivity contribution is 6.05. The number of hydrogen-bond donors (Lipinski definition) is 5. The van der Waals surface area contributed by atoms with Gasteiger partial charge in [0.05, 0.1) is 5.69 Å². The Balaban J connectivity index is 2.28. The smallest absolute Gasteiger partial charge is 0.256 e. The highest BCUT2D eigenvalue weighted by atomic mass is 16.3. The Labute approximate surface area is 108 Å². The molecule has 0 aliphatic heterocycles. The van der Waals surface area contributed by atoms with Gasteiger partial charge in [-0.3, -0.25) is 4.79 Å². The summed E-state index contributed by atoms with van der Waals surface area (Å²) in [5, 5.41) is 39.7. The number of aromatic hydroxyl groups is 4. The molecule has 0 radical (unpaired) electrons. The summed E-state index contributed by atoms with van der Waals surface area (Å²) < 4.78 is 0. The highest BCUT2D eigenvalue weighted by Gasteiger charge is 2.12. The van der Waals surface area contributed by atoms with E-state index in [0.717, 1.165) is 18.2 Å². The minimum atomic E-state index is -0.646. The molecule has 0 aromatic heterocycles. The van der Waals surface area contributed by atoms with Crippen molar-refractivity contribution < 1.29 is 25.2 Å². The lowest BCUT2D eigenvalue weighted by atomic mass is 10.1. The number of carbonyl (C=O) groups is 1. The molecule has 0 spiro atoms. The van der Waals surface area contributed by atoms with Gasteiger partial charge in [-0.1, -0.05) is 6.07 Å². The van der Waals surface area contributed by atoms with Gasteiger partial charge in [0, 0.05) is 11.6 Å². The summed E-state index contributed by atoms with van der Waals surface area (Å²) in [4.78, 5) is 11.9. The van der Waals surface area contributed by atoms with Crippen molar-refractivity contribution in [3.63, 3.8) is 0 Å². The topological polar surface area (TPSA) is 110 Å². The average molecular weight is 261 g/mol. The van der Waals surface area contributed by atoms with E-state index in [2.05, 4.69) is 5.32 Å². The van der Waals surface area contributed by atoms with E-state index in [1.54, 1.807) is 0 Å². The van der Waals surface area contributed by atoms with E-state index in [0.29, 0.717) is 0 Å². The van der Waals surface area contributed by atoms with Gasteiger partial charge in [0.2, 0.25) is 0 Å². The molecule has 98 valence electrons. The van der Waals surface area contributed by atoms with Crippen LogP contribution in [0.1, 0.15) is 10.4 Å². The Bertz CT molecular complexity index is 619. The Morgan fingerprint density at radius 1 is 0.947 bits per heavy atom. The number of anilines is 1. The number of nitrogens with one attached hydrogen (secondary N) is 1. The van der Waals surface area contributed by atoms with E-state index in [1.165, 1.54) is 18.2 Å². The van der Waals surface area contributed by atoms with Gasteiger partial charge in [0.1, 0.15) is 11.5 Å². The molecule has 0 atom stereocenters. The molecule has 0 unspecified atom stereocenters. The van der Waals surface area contributed by atoms with Gasteiger partial charge in [-0.2, -0.15) is 0 Å². The number of rotatable bonds is 2. The number of hydrogen-bond acceptors (Lipinski definition) is 5. The van der Waals surface area contributed by atoms with Crippen molar-refractivity contribution in [1.29, 1.82) is 0 Å². The number of phenolic OH excluding ortho intramolecular Hbond substituents is 4. The lowest BCUT2D eigenvalue weighted by molar-refractivity contribution is 0.102. The zero-order chi connectivity index (χ0) is 14.0. The SMILES string of the molecule is O=C(Nc1cccc(O)c1O)c1cc(O)cc(O)c1. The summed E-state index contributed by atoms with van der Waals surface area (Å²) >= 11 is 0. The lowest BCUT2D eigenvalue weighted by Crippen LogP contribution is -2.11. The molecule has 0 fully saturated rings. The molecule has 0 saturated carbocycles. The summed E-state index contributed by atoms with van der Waals surface area (Å²) in [6.45, 7) is 0. The van der Waals surface area contributed by atoms with E-state index < -0.39 is 11.7 Å². The molecule has 0 aliphatic rings. The van der Waals surface area contributed by atoms with Gasteiger partial charge in [-0.25, -0.2) is 0 Å². The second kappa shape index (κ2) is 4.77. The molecule has 0 saturated heterocycles. The van der Waals surface area contributed by atoms with Crippen LogP contribution in [0.5, 0.6) is 23.0 Å². The largest absolute Gasteiger partial charge is 0.508 e. The van der Waals surface area contributed by atoms with Crippen LogP contribution in [0.2, 0.25) is 0 Å². The summed E-state index contributed by atoms with van der Waals surface area (Å²) in [6.07, 6.45) is 0. The van der Waals surface area contributed by atoms with E-state index in [1.807, 2.05) is 0 Å². The predicted octanol–water partition coefficient (Wildman–Crippen LogP) is 1.76. The van der Waals surface area contributed by atoms with Crippen molar-refractivity contribution in [2.24, 2.45) is 0 Å². The van der Waals surface area contributed by atoms with E-state index in [9.17, 15) is 25.2 Å². The standard InChI is InChI=1S/C13H11NO5/c15-8-4-7(5-9(16)6-8)13(19)14-10-2-1-3-11(17)12(10)18/h1-6,15-18H,(H,14,19). The predicted molar refractivity (Wildman–Crippen MR) is 67.5 cm³/mol. The maximum atomic E-state index is 11.9. The second-order valence-corrected chi connectivity index (χ2v) is 3.87. The summed E-state index contributed by atoms with van der Waals surface area (Å²) in [7, 11) is 0. The van der Waals surface area contributed by atoms with Gasteiger partial charge < -0.3 is 25.7 Å². The van der Waals surface area contributed by atoms with Gasteiger partial charge in [-0.05, 0) is 24.3 Å². The van der Waals surface area contributed by atoms with Crippen LogP contribution in [0.3, 0.4) is 0 Å². The van der Waals surface area contributed by atoms with Crippen LogP contribution in [0, 0.1) is 0 Å². The fourth-order valence-electron chi connectivity index (χ4n) is 1.55. The molecule has 6 heteroatoms. The number of carbonyl (C=O) groups excluding carboxylic acids is 1. The zero-order valence-corrected chi connectivity index (χ0v) is 9.66. The molecule has 2 rings (SSSR count). The van der Waals surface area contributed by atoms with E-state index in [-0.39, 0.29) is 28.5 Å². The first-order chi connectivity index (χ1) is 8.97. The summed E-state index contributed by atoms with van der Waals surface area (Å²) in [5.74, 6) is -1.99. The number of phenols is 4. The van der Waals surface area contributed by atoms with E-state index >= 15 is 0 Å². The first-order valence-electron chi connectivity index (χ1n) is 5.32. The molecule has 0 aliphatic carbocycles. The third kappa shape index (κ3) is 2.68. The molecular weight excluding hydrogens is 250 g/mol. The molecular formula is C13H11NO5. The van der Waals surface area contributed by atoms with Gasteiger partial charge >= 0.3 is 0 Å². The molecule has 1 amide bonds. The van der Waals surface area contributed by atoms with Crippen LogP contribution in [0.15, 0.2) is 36.4 Å². The minimum absolute atomic E-state index is 0.0141. The van der Waals surface area contributed by atoms with Crippen molar-refractivity contribution in [2.45, 2.75) is 0 Å². The first kappa shape index (κ1) is 12.6. The maximum absolute atomic E-state index is 11.9. The van der Waals surface area contributed by atoms with Crippen molar-refractivity contribution in [1.82, 2.24) is 0 Å². The van der Waals surface area contributed by atoms with Crippen LogP contribution >= 0.6 is 0 Å². The molecule has 0 heterocycles. The monoisotopic (exact) mass is 261 g/mol. The normalized spacial score (nSPS) is 10.1. The third-order valence-corrected chi connectivity index (χ3v) is 2.43. The van der Waals surface area contributed by atoms with Crippen molar-refractivity contribution in [3.8, 4) is 23.0 Å². The van der Waals surface area contributed by atoms with Crippen LogP contribution in [-0.4, -0.2) is 26.3 Å². The Morgan fingerprint density at radius 2 is 1.58 bits per heavy atom. The Kier molecular flexibility index (Phi) is 3.15.